The van der Waals surface area contributed by atoms with E-state index in [0.717, 1.165) is 0 Å². The van der Waals surface area contributed by atoms with Crippen LogP contribution < -0.4 is 9.47 Å². The van der Waals surface area contributed by atoms with Crippen molar-refractivity contribution in [1.29, 1.82) is 5.26 Å². The highest BCUT2D eigenvalue weighted by Crippen LogP contribution is 2.40. The summed E-state index contributed by atoms with van der Waals surface area (Å²) in [6.45, 7) is 0. The van der Waals surface area contributed by atoms with Crippen LogP contribution in [-0.2, 0) is 11.2 Å². The minimum atomic E-state index is -1.41. The van der Waals surface area contributed by atoms with Crippen molar-refractivity contribution in [1.82, 2.24) is 15.0 Å². The fraction of sp³-hybridized carbons (Fsp3) is 0.188. The molecule has 0 saturated carbocycles. The van der Waals surface area contributed by atoms with Crippen LogP contribution in [0, 0.1) is 11.3 Å². The average molecular weight is 377 g/mol. The van der Waals surface area contributed by atoms with Crippen molar-refractivity contribution < 1.29 is 14.0 Å². The molecule has 2 aromatic heterocycles. The molecule has 3 aromatic rings. The Hall–Kier alpha value is -2.47. The van der Waals surface area contributed by atoms with E-state index in [2.05, 4.69) is 21.0 Å². The van der Waals surface area contributed by atoms with Gasteiger partial charge in [-0.3, -0.25) is 0 Å². The lowest BCUT2D eigenvalue weighted by molar-refractivity contribution is 0.355. The predicted molar refractivity (Wildman–Crippen MR) is 94.5 cm³/mol. The average Bonchev–Trinajstić information content (AvgIpc) is 3.03. The largest absolute Gasteiger partial charge is 0.609 e. The van der Waals surface area contributed by atoms with Gasteiger partial charge < -0.3 is 19.0 Å². The van der Waals surface area contributed by atoms with Crippen LogP contribution >= 0.6 is 11.6 Å². The second-order valence-corrected chi connectivity index (χ2v) is 6.71. The fourth-order valence-electron chi connectivity index (χ4n) is 2.46. The molecule has 128 valence electrons. The number of H-pyrrole nitrogens is 1. The number of nitrogens with one attached hydrogen (secondary N) is 1. The number of ether oxygens (including phenoxy) is 2. The highest BCUT2D eigenvalue weighted by Gasteiger charge is 2.22. The van der Waals surface area contributed by atoms with Gasteiger partial charge in [-0.1, -0.05) is 11.6 Å². The van der Waals surface area contributed by atoms with E-state index >= 15 is 0 Å². The van der Waals surface area contributed by atoms with E-state index in [1.807, 2.05) is 0 Å². The van der Waals surface area contributed by atoms with Crippen molar-refractivity contribution in [3.8, 4) is 28.8 Å². The van der Waals surface area contributed by atoms with E-state index in [4.69, 9.17) is 21.1 Å². The first-order valence-corrected chi connectivity index (χ1v) is 8.98. The molecular formula is C16H13ClN4O3S. The summed E-state index contributed by atoms with van der Waals surface area (Å²) in [4.78, 5) is 11.5. The molecule has 1 unspecified atom stereocenters. The zero-order chi connectivity index (χ0) is 18.1. The van der Waals surface area contributed by atoms with Crippen molar-refractivity contribution in [2.45, 2.75) is 5.16 Å². The third-order valence-electron chi connectivity index (χ3n) is 3.62. The number of fused-ring (bicyclic) bond motifs is 1. The number of nitriles is 1. The van der Waals surface area contributed by atoms with Crippen LogP contribution in [0.2, 0.25) is 5.02 Å². The Morgan fingerprint density at radius 3 is 2.52 bits per heavy atom. The number of aromatic nitrogens is 3. The van der Waals surface area contributed by atoms with E-state index in [0.29, 0.717) is 44.4 Å². The summed E-state index contributed by atoms with van der Waals surface area (Å²) < 4.78 is 22.4. The number of methoxy groups -OCH3 is 2. The number of benzene rings is 1. The summed E-state index contributed by atoms with van der Waals surface area (Å²) in [6, 6.07) is 5.36. The smallest absolute Gasteiger partial charge is 0.345 e. The summed E-state index contributed by atoms with van der Waals surface area (Å²) in [7, 11) is 3.02. The van der Waals surface area contributed by atoms with E-state index < -0.39 is 11.2 Å². The minimum Gasteiger partial charge on any atom is -0.609 e. The first-order valence-electron chi connectivity index (χ1n) is 7.04. The van der Waals surface area contributed by atoms with Crippen molar-refractivity contribution >= 4 is 33.8 Å². The second kappa shape index (κ2) is 6.80. The van der Waals surface area contributed by atoms with Gasteiger partial charge in [0.15, 0.2) is 11.5 Å². The molecule has 7 nitrogen and oxygen atoms in total. The van der Waals surface area contributed by atoms with Crippen LogP contribution in [0.1, 0.15) is 5.56 Å². The summed E-state index contributed by atoms with van der Waals surface area (Å²) >= 11 is 5.00. The van der Waals surface area contributed by atoms with Crippen LogP contribution in [0.25, 0.3) is 22.3 Å². The van der Waals surface area contributed by atoms with Crippen molar-refractivity contribution in [2.24, 2.45) is 0 Å². The Morgan fingerprint density at radius 2 is 1.92 bits per heavy atom. The maximum absolute atomic E-state index is 11.9. The maximum atomic E-state index is 11.9. The van der Waals surface area contributed by atoms with Crippen molar-refractivity contribution in [3.63, 3.8) is 0 Å². The van der Waals surface area contributed by atoms with E-state index in [-0.39, 0.29) is 5.16 Å². The molecule has 0 radical (unpaired) electrons. The highest BCUT2D eigenvalue weighted by atomic mass is 35.5. The van der Waals surface area contributed by atoms with Crippen LogP contribution in [0.4, 0.5) is 0 Å². The SMILES string of the molecule is COc1cc(Cl)c(-c2nc([S+](C)[O-])nc3[nH]cc(C#N)c23)cc1OC. The quantitative estimate of drug-likeness (QED) is 0.554. The standard InChI is InChI=1S/C16H13ClN4O3S/c1-23-11-4-9(10(17)5-12(11)24-2)14-13-8(6-18)7-19-15(13)21-16(20-14)25(3)22/h4-5,7H,1-3H3,(H,19,20,21). The van der Waals surface area contributed by atoms with Gasteiger partial charge in [-0.05, 0) is 6.07 Å². The molecule has 0 amide bonds. The maximum Gasteiger partial charge on any atom is 0.345 e. The summed E-state index contributed by atoms with van der Waals surface area (Å²) in [5.74, 6) is 0.928. The first kappa shape index (κ1) is 17.4. The molecule has 0 aliphatic carbocycles. The lowest BCUT2D eigenvalue weighted by Crippen LogP contribution is -2.06. The number of aromatic amines is 1. The summed E-state index contributed by atoms with van der Waals surface area (Å²) in [6.07, 6.45) is 3.01. The van der Waals surface area contributed by atoms with E-state index in [1.165, 1.54) is 26.7 Å². The molecule has 1 aromatic carbocycles. The van der Waals surface area contributed by atoms with Gasteiger partial charge in [-0.2, -0.15) is 15.2 Å². The number of hydrogen-bond donors (Lipinski definition) is 1. The molecule has 0 saturated heterocycles. The van der Waals surface area contributed by atoms with Gasteiger partial charge in [-0.15, -0.1) is 0 Å². The highest BCUT2D eigenvalue weighted by molar-refractivity contribution is 7.90. The molecule has 0 bridgehead atoms. The molecular weight excluding hydrogens is 364 g/mol. The van der Waals surface area contributed by atoms with Gasteiger partial charge in [-0.25, -0.2) is 0 Å². The van der Waals surface area contributed by atoms with Crippen LogP contribution in [0.3, 0.4) is 0 Å². The van der Waals surface area contributed by atoms with Crippen LogP contribution in [0.5, 0.6) is 11.5 Å². The first-order chi connectivity index (χ1) is 12.0. The number of halogens is 1. The van der Waals surface area contributed by atoms with Gasteiger partial charge in [0, 0.05) is 29.0 Å². The number of nitrogens with zero attached hydrogens (tertiary/aromatic N) is 3. The molecule has 1 atom stereocenters. The fourth-order valence-corrected chi connectivity index (χ4v) is 3.14. The molecule has 9 heteroatoms. The molecule has 0 aliphatic rings. The Kier molecular flexibility index (Phi) is 4.72. The molecule has 2 heterocycles. The van der Waals surface area contributed by atoms with Gasteiger partial charge in [0.25, 0.3) is 0 Å². The van der Waals surface area contributed by atoms with E-state index in [1.54, 1.807) is 12.1 Å². The van der Waals surface area contributed by atoms with Crippen molar-refractivity contribution in [2.75, 3.05) is 20.5 Å². The molecule has 0 fully saturated rings. The Balaban J connectivity index is 2.38. The third kappa shape index (κ3) is 2.98. The van der Waals surface area contributed by atoms with Crippen LogP contribution in [0.15, 0.2) is 23.5 Å². The topological polar surface area (TPSA) is 107 Å². The minimum absolute atomic E-state index is 0.139. The summed E-state index contributed by atoms with van der Waals surface area (Å²) in [5.41, 5.74) is 1.70. The molecule has 1 N–H and O–H groups in total. The van der Waals surface area contributed by atoms with Gasteiger partial charge in [0.05, 0.1) is 35.9 Å². The van der Waals surface area contributed by atoms with Crippen LogP contribution in [-0.4, -0.2) is 40.0 Å². The Morgan fingerprint density at radius 1 is 1.24 bits per heavy atom. The second-order valence-electron chi connectivity index (χ2n) is 5.03. The monoisotopic (exact) mass is 376 g/mol. The number of rotatable bonds is 4. The molecule has 3 rings (SSSR count). The predicted octanol–water partition coefficient (Wildman–Crippen LogP) is 2.90. The molecule has 25 heavy (non-hydrogen) atoms. The lowest BCUT2D eigenvalue weighted by atomic mass is 10.1. The van der Waals surface area contributed by atoms with Crippen molar-refractivity contribution in [3.05, 3.63) is 28.9 Å². The van der Waals surface area contributed by atoms with E-state index in [9.17, 15) is 9.81 Å². The summed E-state index contributed by atoms with van der Waals surface area (Å²) in [5, 5.41) is 10.4. The Labute approximate surface area is 151 Å². The molecule has 0 spiro atoms. The number of hydrogen-bond acceptors (Lipinski definition) is 6. The van der Waals surface area contributed by atoms with Gasteiger partial charge >= 0.3 is 5.16 Å². The molecule has 0 aliphatic heterocycles. The third-order valence-corrected chi connectivity index (χ3v) is 4.63. The van der Waals surface area contributed by atoms with Gasteiger partial charge in [0.2, 0.25) is 0 Å². The zero-order valence-corrected chi connectivity index (χ0v) is 15.2. The Bertz CT molecular complexity index is 997. The lowest BCUT2D eigenvalue weighted by Gasteiger charge is -2.13. The zero-order valence-electron chi connectivity index (χ0n) is 13.6. The normalized spacial score (nSPS) is 12.0. The van der Waals surface area contributed by atoms with Gasteiger partial charge in [0.1, 0.15) is 18.0 Å².